The molecule has 9 heteroatoms. The third-order valence-electron chi connectivity index (χ3n) is 3.55. The van der Waals surface area contributed by atoms with Gasteiger partial charge in [0, 0.05) is 6.07 Å². The van der Waals surface area contributed by atoms with Gasteiger partial charge in [-0.15, -0.1) is 0 Å². The lowest BCUT2D eigenvalue weighted by molar-refractivity contribution is -0.143. The quantitative estimate of drug-likeness (QED) is 0.681. The van der Waals surface area contributed by atoms with Crippen LogP contribution in [0.4, 0.5) is 0 Å². The Morgan fingerprint density at radius 2 is 1.81 bits per heavy atom. The molecule has 0 fully saturated rings. The van der Waals surface area contributed by atoms with Crippen LogP contribution >= 0.6 is 0 Å². The molecule has 2 aromatic carbocycles. The first-order valence-corrected chi connectivity index (χ1v) is 9.24. The van der Waals surface area contributed by atoms with Gasteiger partial charge in [0.2, 0.25) is 10.0 Å². The van der Waals surface area contributed by atoms with Crippen molar-refractivity contribution < 1.29 is 27.4 Å². The maximum absolute atomic E-state index is 12.4. The number of ether oxygens (including phenoxy) is 3. The number of nitriles is 1. The van der Waals surface area contributed by atoms with Gasteiger partial charge < -0.3 is 14.2 Å². The van der Waals surface area contributed by atoms with Gasteiger partial charge in [-0.25, -0.2) is 8.42 Å². The highest BCUT2D eigenvalue weighted by atomic mass is 32.2. The van der Waals surface area contributed by atoms with Crippen molar-refractivity contribution in [1.29, 1.82) is 5.26 Å². The zero-order valence-corrected chi connectivity index (χ0v) is 15.6. The standard InChI is InChI=1S/C18H18N2O6S/c1-24-15-7-8-16(25-2)17(9-15)27(22,23)20-11-18(21)26-12-14-5-3-13(10-19)4-6-14/h3-9,20H,11-12H2,1-2H3. The fraction of sp³-hybridized carbons (Fsp3) is 0.222. The van der Waals surface area contributed by atoms with E-state index in [0.717, 1.165) is 0 Å². The van der Waals surface area contributed by atoms with Crippen LogP contribution in [-0.2, 0) is 26.2 Å². The number of rotatable bonds is 8. The summed E-state index contributed by atoms with van der Waals surface area (Å²) in [6.07, 6.45) is 0. The number of hydrogen-bond donors (Lipinski definition) is 1. The normalized spacial score (nSPS) is 10.7. The predicted octanol–water partition coefficient (Wildman–Crippen LogP) is 1.60. The molecule has 0 spiro atoms. The van der Waals surface area contributed by atoms with Crippen molar-refractivity contribution in [3.8, 4) is 17.6 Å². The molecular formula is C18H18N2O6S. The Kier molecular flexibility index (Phi) is 6.76. The minimum atomic E-state index is -4.01. The molecule has 2 rings (SSSR count). The summed E-state index contributed by atoms with van der Waals surface area (Å²) in [5, 5.41) is 8.74. The van der Waals surface area contributed by atoms with Gasteiger partial charge in [0.05, 0.1) is 25.9 Å². The van der Waals surface area contributed by atoms with Crippen molar-refractivity contribution in [3.05, 3.63) is 53.6 Å². The molecule has 0 saturated carbocycles. The van der Waals surface area contributed by atoms with Crippen LogP contribution in [0.1, 0.15) is 11.1 Å². The van der Waals surface area contributed by atoms with Gasteiger partial charge in [-0.3, -0.25) is 4.79 Å². The van der Waals surface area contributed by atoms with E-state index in [4.69, 9.17) is 19.5 Å². The second-order valence-electron chi connectivity index (χ2n) is 5.31. The van der Waals surface area contributed by atoms with Crippen LogP contribution in [0.25, 0.3) is 0 Å². The number of nitrogens with zero attached hydrogens (tertiary/aromatic N) is 1. The lowest BCUT2D eigenvalue weighted by atomic mass is 10.2. The minimum absolute atomic E-state index is 0.0330. The minimum Gasteiger partial charge on any atom is -0.497 e. The van der Waals surface area contributed by atoms with Crippen molar-refractivity contribution in [2.24, 2.45) is 0 Å². The van der Waals surface area contributed by atoms with Crippen LogP contribution in [-0.4, -0.2) is 35.2 Å². The zero-order chi connectivity index (χ0) is 19.9. The average molecular weight is 390 g/mol. The summed E-state index contributed by atoms with van der Waals surface area (Å²) in [6, 6.07) is 12.8. The molecule has 0 radical (unpaired) electrons. The molecule has 0 unspecified atom stereocenters. The summed E-state index contributed by atoms with van der Waals surface area (Å²) in [5.74, 6) is -0.293. The Morgan fingerprint density at radius 3 is 2.41 bits per heavy atom. The molecule has 0 atom stereocenters. The molecule has 0 heterocycles. The number of methoxy groups -OCH3 is 2. The molecule has 0 saturated heterocycles. The Bertz CT molecular complexity index is 949. The topological polar surface area (TPSA) is 115 Å². The monoisotopic (exact) mass is 390 g/mol. The molecule has 2 aromatic rings. The van der Waals surface area contributed by atoms with Gasteiger partial charge in [0.25, 0.3) is 0 Å². The Labute approximate surface area is 157 Å². The predicted molar refractivity (Wildman–Crippen MR) is 95.7 cm³/mol. The first-order chi connectivity index (χ1) is 12.9. The molecule has 0 aliphatic carbocycles. The first kappa shape index (κ1) is 20.2. The number of carbonyl (C=O) groups excluding carboxylic acids is 1. The maximum atomic E-state index is 12.4. The second kappa shape index (κ2) is 9.02. The fourth-order valence-corrected chi connectivity index (χ4v) is 3.27. The van der Waals surface area contributed by atoms with Crippen molar-refractivity contribution in [3.63, 3.8) is 0 Å². The van der Waals surface area contributed by atoms with Crippen LogP contribution in [0, 0.1) is 11.3 Å². The van der Waals surface area contributed by atoms with Gasteiger partial charge in [0.1, 0.15) is 29.5 Å². The van der Waals surface area contributed by atoms with Crippen molar-refractivity contribution in [2.45, 2.75) is 11.5 Å². The average Bonchev–Trinajstić information content (AvgIpc) is 2.70. The summed E-state index contributed by atoms with van der Waals surface area (Å²) in [7, 11) is -1.27. The first-order valence-electron chi connectivity index (χ1n) is 7.76. The summed E-state index contributed by atoms with van der Waals surface area (Å²) in [4.78, 5) is 11.7. The van der Waals surface area contributed by atoms with E-state index in [1.54, 1.807) is 30.3 Å². The molecule has 8 nitrogen and oxygen atoms in total. The van der Waals surface area contributed by atoms with Crippen molar-refractivity contribution in [1.82, 2.24) is 4.72 Å². The Hall–Kier alpha value is -3.09. The summed E-state index contributed by atoms with van der Waals surface area (Å²) in [5.41, 5.74) is 1.17. The molecule has 0 bridgehead atoms. The number of hydrogen-bond acceptors (Lipinski definition) is 7. The van der Waals surface area contributed by atoms with Crippen LogP contribution in [0.15, 0.2) is 47.4 Å². The van der Waals surface area contributed by atoms with E-state index in [-0.39, 0.29) is 17.3 Å². The van der Waals surface area contributed by atoms with Gasteiger partial charge in [-0.05, 0) is 29.8 Å². The van der Waals surface area contributed by atoms with E-state index in [2.05, 4.69) is 4.72 Å². The highest BCUT2D eigenvalue weighted by Gasteiger charge is 2.21. The van der Waals surface area contributed by atoms with E-state index in [9.17, 15) is 13.2 Å². The van der Waals surface area contributed by atoms with Gasteiger partial charge >= 0.3 is 5.97 Å². The van der Waals surface area contributed by atoms with Gasteiger partial charge in [-0.2, -0.15) is 9.98 Å². The number of benzene rings is 2. The van der Waals surface area contributed by atoms with Crippen LogP contribution < -0.4 is 14.2 Å². The number of carbonyl (C=O) groups is 1. The lowest BCUT2D eigenvalue weighted by Gasteiger charge is -2.12. The van der Waals surface area contributed by atoms with Crippen molar-refractivity contribution >= 4 is 16.0 Å². The lowest BCUT2D eigenvalue weighted by Crippen LogP contribution is -2.31. The highest BCUT2D eigenvalue weighted by molar-refractivity contribution is 7.89. The van der Waals surface area contributed by atoms with E-state index in [1.165, 1.54) is 26.4 Å². The summed E-state index contributed by atoms with van der Waals surface area (Å²) in [6.45, 7) is -0.576. The second-order valence-corrected chi connectivity index (χ2v) is 7.05. The smallest absolute Gasteiger partial charge is 0.321 e. The van der Waals surface area contributed by atoms with Crippen LogP contribution in [0.5, 0.6) is 11.5 Å². The van der Waals surface area contributed by atoms with Crippen LogP contribution in [0.2, 0.25) is 0 Å². The van der Waals surface area contributed by atoms with Gasteiger partial charge in [0.15, 0.2) is 0 Å². The van der Waals surface area contributed by atoms with E-state index in [0.29, 0.717) is 16.9 Å². The SMILES string of the molecule is COc1ccc(OC)c(S(=O)(=O)NCC(=O)OCc2ccc(C#N)cc2)c1. The van der Waals surface area contributed by atoms with Crippen LogP contribution in [0.3, 0.4) is 0 Å². The molecule has 27 heavy (non-hydrogen) atoms. The fourth-order valence-electron chi connectivity index (χ4n) is 2.12. The Balaban J connectivity index is 1.98. The highest BCUT2D eigenvalue weighted by Crippen LogP contribution is 2.27. The number of sulfonamides is 1. The summed E-state index contributed by atoms with van der Waals surface area (Å²) < 4.78 is 42.2. The number of esters is 1. The van der Waals surface area contributed by atoms with Crippen molar-refractivity contribution in [2.75, 3.05) is 20.8 Å². The molecule has 142 valence electrons. The third-order valence-corrected chi connectivity index (χ3v) is 4.97. The van der Waals surface area contributed by atoms with Gasteiger partial charge in [-0.1, -0.05) is 12.1 Å². The van der Waals surface area contributed by atoms with E-state index < -0.39 is 22.5 Å². The largest absolute Gasteiger partial charge is 0.497 e. The molecule has 1 N–H and O–H groups in total. The third kappa shape index (κ3) is 5.44. The van der Waals surface area contributed by atoms with E-state index >= 15 is 0 Å². The Morgan fingerprint density at radius 1 is 1.11 bits per heavy atom. The number of nitrogens with one attached hydrogen (secondary N) is 1. The molecule has 0 aliphatic heterocycles. The zero-order valence-electron chi connectivity index (χ0n) is 14.8. The molecule has 0 aromatic heterocycles. The molecule has 0 amide bonds. The molecule has 0 aliphatic rings. The van der Waals surface area contributed by atoms with E-state index in [1.807, 2.05) is 6.07 Å². The molecular weight excluding hydrogens is 372 g/mol. The maximum Gasteiger partial charge on any atom is 0.321 e. The summed E-state index contributed by atoms with van der Waals surface area (Å²) >= 11 is 0.